The van der Waals surface area contributed by atoms with Gasteiger partial charge in [-0.3, -0.25) is 9.69 Å². The molecule has 0 saturated carbocycles. The van der Waals surface area contributed by atoms with Gasteiger partial charge in [-0.15, -0.1) is 0 Å². The van der Waals surface area contributed by atoms with Crippen LogP contribution in [-0.4, -0.2) is 48.4 Å². The number of benzene rings is 2. The van der Waals surface area contributed by atoms with E-state index in [0.717, 1.165) is 38.0 Å². The molecule has 1 fully saturated rings. The van der Waals surface area contributed by atoms with E-state index in [9.17, 15) is 13.6 Å². The summed E-state index contributed by atoms with van der Waals surface area (Å²) < 4.78 is 26.4. The van der Waals surface area contributed by atoms with E-state index in [1.165, 1.54) is 18.2 Å². The second-order valence-corrected chi connectivity index (χ2v) is 6.38. The second-order valence-electron chi connectivity index (χ2n) is 6.38. The van der Waals surface area contributed by atoms with E-state index >= 15 is 0 Å². The predicted molar refractivity (Wildman–Crippen MR) is 93.5 cm³/mol. The first-order valence-electron chi connectivity index (χ1n) is 8.63. The zero-order valence-electron chi connectivity index (χ0n) is 14.1. The van der Waals surface area contributed by atoms with Gasteiger partial charge >= 0.3 is 0 Å². The van der Waals surface area contributed by atoms with Crippen LogP contribution in [0.2, 0.25) is 0 Å². The van der Waals surface area contributed by atoms with E-state index in [-0.39, 0.29) is 17.5 Å². The highest BCUT2D eigenvalue weighted by Gasteiger charge is 2.22. The van der Waals surface area contributed by atoms with E-state index < -0.39 is 0 Å². The number of halogens is 2. The Bertz CT molecular complexity index is 727. The van der Waals surface area contributed by atoms with E-state index in [1.807, 2.05) is 6.07 Å². The van der Waals surface area contributed by atoms with Gasteiger partial charge in [-0.25, -0.2) is 8.78 Å². The minimum atomic E-state index is -0.387. The molecule has 2 aromatic carbocycles. The number of amides is 1. The molecule has 5 heteroatoms. The Hall–Kier alpha value is -2.27. The SMILES string of the molecule is O=C(c1cccc(F)c1)N1CCN(CCCc2cccc(F)c2)CC1. The fourth-order valence-corrected chi connectivity index (χ4v) is 3.18. The third kappa shape index (κ3) is 4.86. The molecule has 1 aliphatic rings. The maximum absolute atomic E-state index is 13.3. The lowest BCUT2D eigenvalue weighted by Crippen LogP contribution is -2.48. The van der Waals surface area contributed by atoms with Crippen molar-refractivity contribution < 1.29 is 13.6 Å². The van der Waals surface area contributed by atoms with Gasteiger partial charge in [0, 0.05) is 31.7 Å². The van der Waals surface area contributed by atoms with Crippen LogP contribution < -0.4 is 0 Å². The van der Waals surface area contributed by atoms with Gasteiger partial charge < -0.3 is 4.90 Å². The minimum Gasteiger partial charge on any atom is -0.336 e. The summed E-state index contributed by atoms with van der Waals surface area (Å²) >= 11 is 0. The Kier molecular flexibility index (Phi) is 5.76. The predicted octanol–water partition coefficient (Wildman–Crippen LogP) is 3.36. The van der Waals surface area contributed by atoms with E-state index in [1.54, 1.807) is 29.2 Å². The Balaban J connectivity index is 1.43. The van der Waals surface area contributed by atoms with Crippen molar-refractivity contribution in [2.75, 3.05) is 32.7 Å². The third-order valence-corrected chi connectivity index (χ3v) is 4.56. The Morgan fingerprint density at radius 3 is 2.28 bits per heavy atom. The molecule has 1 saturated heterocycles. The molecule has 0 atom stereocenters. The van der Waals surface area contributed by atoms with Crippen molar-refractivity contribution in [3.63, 3.8) is 0 Å². The molecule has 0 aliphatic carbocycles. The summed E-state index contributed by atoms with van der Waals surface area (Å²) in [6.07, 6.45) is 1.81. The monoisotopic (exact) mass is 344 g/mol. The molecule has 25 heavy (non-hydrogen) atoms. The van der Waals surface area contributed by atoms with Gasteiger partial charge in [0.15, 0.2) is 0 Å². The number of rotatable bonds is 5. The van der Waals surface area contributed by atoms with Crippen molar-refractivity contribution in [1.29, 1.82) is 0 Å². The summed E-state index contributed by atoms with van der Waals surface area (Å²) in [5, 5.41) is 0. The van der Waals surface area contributed by atoms with Crippen molar-refractivity contribution >= 4 is 5.91 Å². The Labute approximate surface area is 146 Å². The first-order valence-corrected chi connectivity index (χ1v) is 8.63. The van der Waals surface area contributed by atoms with Crippen LogP contribution in [0.1, 0.15) is 22.3 Å². The standard InChI is InChI=1S/C20H22F2N2O/c21-18-7-1-4-16(14-18)5-3-9-23-10-12-24(13-11-23)20(25)17-6-2-8-19(22)15-17/h1-2,4,6-8,14-15H,3,5,9-13H2. The first-order chi connectivity index (χ1) is 12.1. The average molecular weight is 344 g/mol. The molecule has 0 unspecified atom stereocenters. The molecule has 1 amide bonds. The highest BCUT2D eigenvalue weighted by molar-refractivity contribution is 5.94. The third-order valence-electron chi connectivity index (χ3n) is 4.56. The molecule has 3 rings (SSSR count). The number of nitrogens with zero attached hydrogens (tertiary/aromatic N) is 2. The van der Waals surface area contributed by atoms with Crippen LogP contribution in [0.5, 0.6) is 0 Å². The molecule has 0 radical (unpaired) electrons. The van der Waals surface area contributed by atoms with Gasteiger partial charge in [-0.05, 0) is 55.3 Å². The smallest absolute Gasteiger partial charge is 0.254 e. The minimum absolute atomic E-state index is 0.112. The number of piperazine rings is 1. The maximum Gasteiger partial charge on any atom is 0.254 e. The summed E-state index contributed by atoms with van der Waals surface area (Å²) in [7, 11) is 0. The molecule has 132 valence electrons. The van der Waals surface area contributed by atoms with Crippen molar-refractivity contribution in [3.8, 4) is 0 Å². The van der Waals surface area contributed by atoms with Crippen molar-refractivity contribution in [1.82, 2.24) is 9.80 Å². The lowest BCUT2D eigenvalue weighted by Gasteiger charge is -2.34. The highest BCUT2D eigenvalue weighted by Crippen LogP contribution is 2.12. The number of carbonyl (C=O) groups excluding carboxylic acids is 1. The highest BCUT2D eigenvalue weighted by atomic mass is 19.1. The van der Waals surface area contributed by atoms with Crippen molar-refractivity contribution in [2.24, 2.45) is 0 Å². The molecular formula is C20H22F2N2O. The van der Waals surface area contributed by atoms with Gasteiger partial charge in [0.25, 0.3) is 5.91 Å². The molecular weight excluding hydrogens is 322 g/mol. The quantitative estimate of drug-likeness (QED) is 0.830. The number of hydrogen-bond acceptors (Lipinski definition) is 2. The summed E-state index contributed by atoms with van der Waals surface area (Å²) in [5.41, 5.74) is 1.42. The molecule has 1 aliphatic heterocycles. The fourth-order valence-electron chi connectivity index (χ4n) is 3.18. The van der Waals surface area contributed by atoms with Crippen LogP contribution in [0.4, 0.5) is 8.78 Å². The Morgan fingerprint density at radius 2 is 1.60 bits per heavy atom. The summed E-state index contributed by atoms with van der Waals surface area (Å²) in [6.45, 7) is 3.84. The summed E-state index contributed by atoms with van der Waals surface area (Å²) in [4.78, 5) is 16.5. The zero-order valence-corrected chi connectivity index (χ0v) is 14.1. The number of carbonyl (C=O) groups is 1. The van der Waals surface area contributed by atoms with Crippen LogP contribution >= 0.6 is 0 Å². The lowest BCUT2D eigenvalue weighted by molar-refractivity contribution is 0.0635. The summed E-state index contributed by atoms with van der Waals surface area (Å²) in [6, 6.07) is 12.6. The molecule has 1 heterocycles. The van der Waals surface area contributed by atoms with E-state index in [4.69, 9.17) is 0 Å². The topological polar surface area (TPSA) is 23.6 Å². The van der Waals surface area contributed by atoms with Crippen LogP contribution in [0.3, 0.4) is 0 Å². The van der Waals surface area contributed by atoms with Crippen molar-refractivity contribution in [2.45, 2.75) is 12.8 Å². The van der Waals surface area contributed by atoms with E-state index in [2.05, 4.69) is 4.90 Å². The largest absolute Gasteiger partial charge is 0.336 e. The molecule has 3 nitrogen and oxygen atoms in total. The van der Waals surface area contributed by atoms with Gasteiger partial charge in [0.2, 0.25) is 0 Å². The van der Waals surface area contributed by atoms with Gasteiger partial charge in [-0.1, -0.05) is 18.2 Å². The Morgan fingerprint density at radius 1 is 0.920 bits per heavy atom. The number of aryl methyl sites for hydroxylation is 1. The van der Waals surface area contributed by atoms with Gasteiger partial charge in [-0.2, -0.15) is 0 Å². The fraction of sp³-hybridized carbons (Fsp3) is 0.350. The van der Waals surface area contributed by atoms with Crippen LogP contribution in [-0.2, 0) is 6.42 Å². The van der Waals surface area contributed by atoms with Crippen LogP contribution in [0.15, 0.2) is 48.5 Å². The molecule has 0 bridgehead atoms. The average Bonchev–Trinajstić information content (AvgIpc) is 2.62. The normalized spacial score (nSPS) is 15.4. The van der Waals surface area contributed by atoms with Gasteiger partial charge in [0.05, 0.1) is 0 Å². The van der Waals surface area contributed by atoms with Gasteiger partial charge in [0.1, 0.15) is 11.6 Å². The number of hydrogen-bond donors (Lipinski definition) is 0. The molecule has 2 aromatic rings. The summed E-state index contributed by atoms with van der Waals surface area (Å²) in [5.74, 6) is -0.692. The van der Waals surface area contributed by atoms with E-state index in [0.29, 0.717) is 18.7 Å². The van der Waals surface area contributed by atoms with Crippen LogP contribution in [0, 0.1) is 11.6 Å². The molecule has 0 spiro atoms. The molecule has 0 aromatic heterocycles. The second kappa shape index (κ2) is 8.21. The zero-order chi connectivity index (χ0) is 17.6. The molecule has 0 N–H and O–H groups in total. The maximum atomic E-state index is 13.3. The van der Waals surface area contributed by atoms with Crippen molar-refractivity contribution in [3.05, 3.63) is 71.3 Å². The lowest BCUT2D eigenvalue weighted by atomic mass is 10.1. The first kappa shape index (κ1) is 17.5. The van der Waals surface area contributed by atoms with Crippen LogP contribution in [0.25, 0.3) is 0 Å².